The molecule has 0 aromatic carbocycles. The van der Waals surface area contributed by atoms with Crippen LogP contribution in [0.2, 0.25) is 0 Å². The molecule has 0 fully saturated rings. The zero-order chi connectivity index (χ0) is 12.9. The third kappa shape index (κ3) is 47.0. The molecule has 0 aromatic heterocycles. The van der Waals surface area contributed by atoms with Gasteiger partial charge in [-0.25, -0.2) is 0 Å². The van der Waals surface area contributed by atoms with E-state index < -0.39 is 25.2 Å². The fraction of sp³-hybridized carbons (Fsp3) is 0.600. The molecule has 0 amide bonds. The topological polar surface area (TPSA) is 97.5 Å². The Morgan fingerprint density at radius 3 is 2.09 bits per heavy atom. The Hall–Kier alpha value is -0.840. The minimum atomic E-state index is -3.14. The molecule has 0 unspecified atom stereocenters. The van der Waals surface area contributed by atoms with Gasteiger partial charge in [0.25, 0.3) is 0 Å². The summed E-state index contributed by atoms with van der Waals surface area (Å²) in [6, 6.07) is 0. The molecule has 5 nitrogen and oxygen atoms in total. The van der Waals surface area contributed by atoms with Crippen LogP contribution in [0.25, 0.3) is 0 Å². The van der Waals surface area contributed by atoms with Crippen LogP contribution < -0.4 is 5.73 Å². The molecule has 0 aliphatic carbocycles. The first-order valence-electron chi connectivity index (χ1n) is 4.54. The largest absolute Gasteiger partial charge is 0.481 e. The Bertz CT molecular complexity index is 266. The average molecular weight is 186 g/mol. The minimum absolute atomic E-state index is 0. The fourth-order valence-corrected chi connectivity index (χ4v) is 0.103. The lowest BCUT2D eigenvalue weighted by Crippen LogP contribution is -2.02. The van der Waals surface area contributed by atoms with E-state index in [0.29, 0.717) is 0 Å². The number of carbonyl (C=O) groups excluding carboxylic acids is 2. The number of nitrogens with two attached hydrogens (primary N) is 1. The molecule has 1 atom stereocenters. The van der Waals surface area contributed by atoms with E-state index in [1.165, 1.54) is 0 Å². The van der Waals surface area contributed by atoms with E-state index in [4.69, 9.17) is 27.3 Å². The van der Waals surface area contributed by atoms with Crippen molar-refractivity contribution in [3.05, 3.63) is 0 Å². The van der Waals surface area contributed by atoms with Gasteiger partial charge in [-0.1, -0.05) is 0 Å². The van der Waals surface area contributed by atoms with Crippen LogP contribution >= 0.6 is 13.5 Å². The summed E-state index contributed by atoms with van der Waals surface area (Å²) in [7, 11) is 0. The summed E-state index contributed by atoms with van der Waals surface area (Å²) >= 11 is 0. The van der Waals surface area contributed by atoms with Crippen LogP contribution in [0, 0.1) is 0 Å². The molecule has 0 radical (unpaired) electrons. The molecular weight excluding hydrogens is 170 g/mol. The Kier molecular flexibility index (Phi) is 8.42. The molecule has 0 saturated carbocycles. The van der Waals surface area contributed by atoms with Gasteiger partial charge in [0, 0.05) is 13.2 Å². The summed E-state index contributed by atoms with van der Waals surface area (Å²) in [6.07, 6.45) is -5.80. The van der Waals surface area contributed by atoms with Crippen molar-refractivity contribution in [3.63, 3.8) is 0 Å². The molecule has 0 aliphatic rings. The number of rotatable bonds is 3. The van der Waals surface area contributed by atoms with Gasteiger partial charge in [0.05, 0.1) is 0 Å². The summed E-state index contributed by atoms with van der Waals surface area (Å²) in [5, 5.41) is 8.27. The van der Waals surface area contributed by atoms with E-state index in [9.17, 15) is 4.79 Å². The molecule has 0 aromatic rings. The molecule has 3 N–H and O–H groups in total. The van der Waals surface area contributed by atoms with Crippen molar-refractivity contribution in [1.29, 1.82) is 0 Å². The zero-order valence-electron chi connectivity index (χ0n) is 10.3. The highest BCUT2D eigenvalue weighted by Gasteiger charge is 1.91. The Morgan fingerprint density at radius 1 is 1.64 bits per heavy atom. The maximum absolute atomic E-state index is 10.2. The van der Waals surface area contributed by atoms with Gasteiger partial charge >= 0.3 is 12.1 Å². The summed E-state index contributed by atoms with van der Waals surface area (Å²) in [5.74, 6) is -1.96. The third-order valence-corrected chi connectivity index (χ3v) is 0.262. The molecule has 0 heterocycles. The lowest BCUT2D eigenvalue weighted by Gasteiger charge is -1.86. The molecule has 6 heteroatoms. The molecule has 11 heavy (non-hydrogen) atoms. The lowest BCUT2D eigenvalue weighted by atomic mass is 10.3. The second-order valence-corrected chi connectivity index (χ2v) is 0.824. The normalized spacial score (nSPS) is 18.5. The van der Waals surface area contributed by atoms with Gasteiger partial charge < -0.3 is 10.8 Å². The standard InChI is InChI=1S/C4H9NO2.CO2.H2S/c5-3-1-2-4(6)7;2-1-3;/h1-3,5H2,(H,6,7);;1H2/i1D2,2D2,3D;;/t3-;;/m1../s1. The van der Waals surface area contributed by atoms with E-state index in [-0.39, 0.29) is 19.6 Å². The molecule has 0 saturated heterocycles. The predicted octanol–water partition coefficient (Wildman–Crippen LogP) is -0.661. The van der Waals surface area contributed by atoms with Gasteiger partial charge in [0.2, 0.25) is 0 Å². The number of hydrogen-bond donors (Lipinski definition) is 2. The Balaban J connectivity index is -0.000000377. The zero-order valence-corrected chi connectivity index (χ0v) is 6.33. The van der Waals surface area contributed by atoms with Gasteiger partial charge in [-0.3, -0.25) is 4.79 Å². The van der Waals surface area contributed by atoms with Gasteiger partial charge in [-0.05, 0) is 12.9 Å². The first-order valence-corrected chi connectivity index (χ1v) is 1.96. The highest BCUT2D eigenvalue weighted by Crippen LogP contribution is 1.82. The molecule has 0 aliphatic heterocycles. The highest BCUT2D eigenvalue weighted by molar-refractivity contribution is 7.59. The first kappa shape index (κ1) is 5.77. The van der Waals surface area contributed by atoms with Crippen molar-refractivity contribution >= 4 is 25.6 Å². The number of carboxylic acid groups (broad SMARTS) is 1. The summed E-state index contributed by atoms with van der Waals surface area (Å²) < 4.78 is 34.2. The van der Waals surface area contributed by atoms with Crippen molar-refractivity contribution in [2.75, 3.05) is 6.52 Å². The second-order valence-electron chi connectivity index (χ2n) is 0.824. The predicted molar refractivity (Wildman–Crippen MR) is 41.3 cm³/mol. The number of hydrogen-bond acceptors (Lipinski definition) is 4. The molecule has 0 bridgehead atoms. The summed E-state index contributed by atoms with van der Waals surface area (Å²) in [6.45, 7) is -1.93. The summed E-state index contributed by atoms with van der Waals surface area (Å²) in [5.41, 5.74) is 4.78. The second kappa shape index (κ2) is 16.1. The van der Waals surface area contributed by atoms with E-state index in [0.717, 1.165) is 0 Å². The van der Waals surface area contributed by atoms with Gasteiger partial charge in [0.1, 0.15) is 0 Å². The molecule has 66 valence electrons. The van der Waals surface area contributed by atoms with Gasteiger partial charge in [-0.2, -0.15) is 23.1 Å². The maximum Gasteiger partial charge on any atom is 0.373 e. The maximum atomic E-state index is 10.2. The molecule has 0 rings (SSSR count). The van der Waals surface area contributed by atoms with Crippen LogP contribution in [0.1, 0.15) is 19.6 Å². The van der Waals surface area contributed by atoms with E-state index in [1.807, 2.05) is 0 Å². The van der Waals surface area contributed by atoms with Gasteiger partial charge in [0.15, 0.2) is 0 Å². The SMILES string of the molecule is O=C=O.S.[2H][C@@H](N)C([2H])([2H])C([2H])([2H])C(=O)O. The molecular formula is C5H11NO4S. The number of carboxylic acids is 1. The average Bonchev–Trinajstić information content (AvgIpc) is 2.04. The van der Waals surface area contributed by atoms with E-state index in [2.05, 4.69) is 0 Å². The molecule has 0 spiro atoms. The van der Waals surface area contributed by atoms with Crippen molar-refractivity contribution in [1.82, 2.24) is 0 Å². The van der Waals surface area contributed by atoms with Crippen molar-refractivity contribution in [3.8, 4) is 0 Å². The smallest absolute Gasteiger partial charge is 0.373 e. The van der Waals surface area contributed by atoms with Crippen LogP contribution in [0.3, 0.4) is 0 Å². The highest BCUT2D eigenvalue weighted by atomic mass is 32.1. The van der Waals surface area contributed by atoms with Crippen molar-refractivity contribution in [2.24, 2.45) is 5.73 Å². The number of aliphatic carboxylic acids is 1. The summed E-state index contributed by atoms with van der Waals surface area (Å²) in [4.78, 5) is 26.5. The van der Waals surface area contributed by atoms with Crippen LogP contribution in [0.15, 0.2) is 0 Å². The monoisotopic (exact) mass is 186 g/mol. The quantitative estimate of drug-likeness (QED) is 0.609. The van der Waals surface area contributed by atoms with Crippen LogP contribution in [-0.2, 0) is 14.4 Å². The third-order valence-electron chi connectivity index (χ3n) is 0.262. The minimum Gasteiger partial charge on any atom is -0.481 e. The van der Waals surface area contributed by atoms with Gasteiger partial charge in [-0.15, -0.1) is 0 Å². The van der Waals surface area contributed by atoms with Crippen LogP contribution in [-0.4, -0.2) is 23.7 Å². The Morgan fingerprint density at radius 2 is 2.00 bits per heavy atom. The Labute approximate surface area is 78.0 Å². The van der Waals surface area contributed by atoms with Crippen molar-refractivity contribution < 1.29 is 26.3 Å². The van der Waals surface area contributed by atoms with Crippen molar-refractivity contribution in [2.45, 2.75) is 12.7 Å². The number of carbonyl (C=O) groups is 1. The van der Waals surface area contributed by atoms with E-state index in [1.54, 1.807) is 0 Å². The van der Waals surface area contributed by atoms with Crippen LogP contribution in [0.4, 0.5) is 0 Å². The first-order chi connectivity index (χ1) is 6.55. The lowest BCUT2D eigenvalue weighted by molar-refractivity contribution is -0.191. The van der Waals surface area contributed by atoms with E-state index >= 15 is 0 Å². The van der Waals surface area contributed by atoms with Crippen LogP contribution in [0.5, 0.6) is 0 Å². The fourth-order valence-electron chi connectivity index (χ4n) is 0.103.